The molecule has 0 radical (unpaired) electrons. The van der Waals surface area contributed by atoms with Crippen molar-refractivity contribution in [1.29, 1.82) is 0 Å². The van der Waals surface area contributed by atoms with E-state index in [1.807, 2.05) is 0 Å². The summed E-state index contributed by atoms with van der Waals surface area (Å²) in [6.45, 7) is 0. The molecule has 0 aliphatic rings. The van der Waals surface area contributed by atoms with Crippen LogP contribution in [0.25, 0.3) is 0 Å². The molecule has 0 saturated heterocycles. The van der Waals surface area contributed by atoms with Crippen LogP contribution in [0.5, 0.6) is 0 Å². The van der Waals surface area contributed by atoms with E-state index < -0.39 is 11.7 Å². The summed E-state index contributed by atoms with van der Waals surface area (Å²) in [5.74, 6) is -0.879. The van der Waals surface area contributed by atoms with Crippen LogP contribution < -0.4 is 5.32 Å². The Hall–Kier alpha value is -1.82. The van der Waals surface area contributed by atoms with Gasteiger partial charge in [-0.25, -0.2) is 9.37 Å². The third-order valence-corrected chi connectivity index (χ3v) is 2.47. The Morgan fingerprint density at radius 2 is 2.18 bits per heavy atom. The summed E-state index contributed by atoms with van der Waals surface area (Å²) in [7, 11) is 0. The van der Waals surface area contributed by atoms with E-state index in [2.05, 4.69) is 31.2 Å². The van der Waals surface area contributed by atoms with Gasteiger partial charge in [0.1, 0.15) is 5.82 Å². The molecular weight excluding hydrogens is 289 g/mol. The quantitative estimate of drug-likeness (QED) is 0.927. The SMILES string of the molecule is O=C(Nc1cnccn1)c1ccc(Br)cc1F. The summed E-state index contributed by atoms with van der Waals surface area (Å²) in [6.07, 6.45) is 4.30. The summed E-state index contributed by atoms with van der Waals surface area (Å²) in [6, 6.07) is 4.21. The zero-order valence-electron chi connectivity index (χ0n) is 8.52. The van der Waals surface area contributed by atoms with Crippen LogP contribution in [0.4, 0.5) is 10.2 Å². The first-order valence-corrected chi connectivity index (χ1v) is 5.48. The lowest BCUT2D eigenvalue weighted by molar-refractivity contribution is 0.102. The van der Waals surface area contributed by atoms with E-state index in [1.54, 1.807) is 6.07 Å². The van der Waals surface area contributed by atoms with Gasteiger partial charge in [-0.15, -0.1) is 0 Å². The molecule has 0 aliphatic heterocycles. The molecule has 0 saturated carbocycles. The number of halogens is 2. The number of hydrogen-bond acceptors (Lipinski definition) is 3. The number of benzene rings is 1. The lowest BCUT2D eigenvalue weighted by Gasteiger charge is -2.04. The van der Waals surface area contributed by atoms with Gasteiger partial charge in [0.2, 0.25) is 0 Å². The Labute approximate surface area is 105 Å². The average Bonchev–Trinajstić information content (AvgIpc) is 2.30. The number of rotatable bonds is 2. The van der Waals surface area contributed by atoms with Gasteiger partial charge in [-0.3, -0.25) is 9.78 Å². The Morgan fingerprint density at radius 3 is 2.82 bits per heavy atom. The van der Waals surface area contributed by atoms with Crippen molar-refractivity contribution in [2.45, 2.75) is 0 Å². The number of anilines is 1. The summed E-state index contributed by atoms with van der Waals surface area (Å²) in [4.78, 5) is 19.4. The molecule has 17 heavy (non-hydrogen) atoms. The standard InChI is InChI=1S/C11H7BrFN3O/c12-7-1-2-8(9(13)5-7)11(17)16-10-6-14-3-4-15-10/h1-6H,(H,15,16,17). The molecule has 2 rings (SSSR count). The highest BCUT2D eigenvalue weighted by atomic mass is 79.9. The van der Waals surface area contributed by atoms with Gasteiger partial charge < -0.3 is 5.32 Å². The zero-order valence-corrected chi connectivity index (χ0v) is 10.1. The van der Waals surface area contributed by atoms with Gasteiger partial charge in [0.15, 0.2) is 5.82 Å². The van der Waals surface area contributed by atoms with Crippen LogP contribution in [-0.2, 0) is 0 Å². The molecule has 4 nitrogen and oxygen atoms in total. The van der Waals surface area contributed by atoms with Gasteiger partial charge in [0.25, 0.3) is 5.91 Å². The van der Waals surface area contributed by atoms with Crippen LogP contribution >= 0.6 is 15.9 Å². The summed E-state index contributed by atoms with van der Waals surface area (Å²) >= 11 is 3.12. The number of nitrogens with one attached hydrogen (secondary N) is 1. The number of amides is 1. The molecule has 0 unspecified atom stereocenters. The number of carbonyl (C=O) groups is 1. The highest BCUT2D eigenvalue weighted by molar-refractivity contribution is 9.10. The lowest BCUT2D eigenvalue weighted by Crippen LogP contribution is -2.14. The van der Waals surface area contributed by atoms with Crippen LogP contribution in [0.2, 0.25) is 0 Å². The molecule has 0 spiro atoms. The molecule has 0 aliphatic carbocycles. The van der Waals surface area contributed by atoms with Crippen molar-refractivity contribution in [1.82, 2.24) is 9.97 Å². The maximum absolute atomic E-state index is 13.5. The maximum Gasteiger partial charge on any atom is 0.259 e. The average molecular weight is 296 g/mol. The molecule has 0 bridgehead atoms. The van der Waals surface area contributed by atoms with E-state index in [-0.39, 0.29) is 11.4 Å². The van der Waals surface area contributed by atoms with E-state index >= 15 is 0 Å². The fraction of sp³-hybridized carbons (Fsp3) is 0. The van der Waals surface area contributed by atoms with Crippen LogP contribution in [0.3, 0.4) is 0 Å². The minimum atomic E-state index is -0.597. The Bertz CT molecular complexity index is 548. The minimum absolute atomic E-state index is 0.0427. The van der Waals surface area contributed by atoms with Crippen molar-refractivity contribution >= 4 is 27.7 Å². The highest BCUT2D eigenvalue weighted by Gasteiger charge is 2.12. The van der Waals surface area contributed by atoms with Crippen LogP contribution in [0.1, 0.15) is 10.4 Å². The maximum atomic E-state index is 13.5. The van der Waals surface area contributed by atoms with Crippen molar-refractivity contribution in [3.63, 3.8) is 0 Å². The number of nitrogens with zero attached hydrogens (tertiary/aromatic N) is 2. The van der Waals surface area contributed by atoms with E-state index in [4.69, 9.17) is 0 Å². The number of hydrogen-bond donors (Lipinski definition) is 1. The topological polar surface area (TPSA) is 54.9 Å². The predicted molar refractivity (Wildman–Crippen MR) is 64.1 cm³/mol. The van der Waals surface area contributed by atoms with Crippen molar-refractivity contribution in [3.8, 4) is 0 Å². The Kier molecular flexibility index (Phi) is 3.43. The smallest absolute Gasteiger partial charge is 0.259 e. The molecule has 1 amide bonds. The first kappa shape index (κ1) is 11.7. The van der Waals surface area contributed by atoms with Gasteiger partial charge in [0.05, 0.1) is 11.8 Å². The van der Waals surface area contributed by atoms with Gasteiger partial charge in [0, 0.05) is 16.9 Å². The van der Waals surface area contributed by atoms with Crippen LogP contribution in [0.15, 0.2) is 41.3 Å². The lowest BCUT2D eigenvalue weighted by atomic mass is 10.2. The van der Waals surface area contributed by atoms with E-state index in [0.29, 0.717) is 4.47 Å². The van der Waals surface area contributed by atoms with Gasteiger partial charge in [-0.2, -0.15) is 0 Å². The fourth-order valence-electron chi connectivity index (χ4n) is 1.22. The third-order valence-electron chi connectivity index (χ3n) is 1.98. The molecule has 2 aromatic rings. The summed E-state index contributed by atoms with van der Waals surface area (Å²) in [5, 5.41) is 2.45. The first-order chi connectivity index (χ1) is 8.16. The Morgan fingerprint density at radius 1 is 1.35 bits per heavy atom. The van der Waals surface area contributed by atoms with Gasteiger partial charge >= 0.3 is 0 Å². The molecule has 1 aromatic heterocycles. The van der Waals surface area contributed by atoms with Gasteiger partial charge in [-0.05, 0) is 18.2 Å². The third kappa shape index (κ3) is 2.85. The second kappa shape index (κ2) is 5.01. The summed E-state index contributed by atoms with van der Waals surface area (Å²) < 4.78 is 14.1. The highest BCUT2D eigenvalue weighted by Crippen LogP contribution is 2.16. The molecule has 86 valence electrons. The van der Waals surface area contributed by atoms with E-state index in [1.165, 1.54) is 30.7 Å². The normalized spacial score (nSPS) is 10.0. The summed E-state index contributed by atoms with van der Waals surface area (Å²) in [5.41, 5.74) is -0.0427. The molecule has 1 N–H and O–H groups in total. The Balaban J connectivity index is 2.21. The molecule has 0 fully saturated rings. The second-order valence-corrected chi connectivity index (χ2v) is 4.08. The zero-order chi connectivity index (χ0) is 12.3. The molecule has 6 heteroatoms. The van der Waals surface area contributed by atoms with Gasteiger partial charge in [-0.1, -0.05) is 15.9 Å². The van der Waals surface area contributed by atoms with Crippen molar-refractivity contribution < 1.29 is 9.18 Å². The molecule has 1 heterocycles. The molecule has 0 atom stereocenters. The first-order valence-electron chi connectivity index (χ1n) is 4.69. The van der Waals surface area contributed by atoms with Crippen molar-refractivity contribution in [2.24, 2.45) is 0 Å². The van der Waals surface area contributed by atoms with Crippen LogP contribution in [0, 0.1) is 5.82 Å². The monoisotopic (exact) mass is 295 g/mol. The number of aromatic nitrogens is 2. The fourth-order valence-corrected chi connectivity index (χ4v) is 1.55. The second-order valence-electron chi connectivity index (χ2n) is 3.17. The van der Waals surface area contributed by atoms with E-state index in [0.717, 1.165) is 0 Å². The van der Waals surface area contributed by atoms with E-state index in [9.17, 15) is 9.18 Å². The number of carbonyl (C=O) groups excluding carboxylic acids is 1. The van der Waals surface area contributed by atoms with Crippen molar-refractivity contribution in [3.05, 3.63) is 52.6 Å². The van der Waals surface area contributed by atoms with Crippen molar-refractivity contribution in [2.75, 3.05) is 5.32 Å². The largest absolute Gasteiger partial charge is 0.305 e. The molecular formula is C11H7BrFN3O. The minimum Gasteiger partial charge on any atom is -0.305 e. The van der Waals surface area contributed by atoms with Crippen LogP contribution in [-0.4, -0.2) is 15.9 Å². The molecule has 1 aromatic carbocycles. The predicted octanol–water partition coefficient (Wildman–Crippen LogP) is 2.63.